The third kappa shape index (κ3) is 4.83. The number of carbonyl (C=O) groups excluding carboxylic acids is 1. The molecule has 0 radical (unpaired) electrons. The number of para-hydroxylation sites is 1. The van der Waals surface area contributed by atoms with E-state index in [1.807, 2.05) is 72.8 Å². The Labute approximate surface area is 221 Å². The van der Waals surface area contributed by atoms with Crippen molar-refractivity contribution < 1.29 is 13.9 Å². The average molecular weight is 554 g/mol. The summed E-state index contributed by atoms with van der Waals surface area (Å²) in [7, 11) is 0. The summed E-state index contributed by atoms with van der Waals surface area (Å²) in [6.07, 6.45) is 3.23. The summed E-state index contributed by atoms with van der Waals surface area (Å²) in [4.78, 5) is 15.1. The van der Waals surface area contributed by atoms with Gasteiger partial charge in [0.05, 0.1) is 11.4 Å². The minimum absolute atomic E-state index is 0.0829. The van der Waals surface area contributed by atoms with E-state index in [0.717, 1.165) is 37.3 Å². The van der Waals surface area contributed by atoms with Crippen molar-refractivity contribution in [2.24, 2.45) is 0 Å². The third-order valence-corrected chi connectivity index (χ3v) is 7.52. The topological polar surface area (TPSA) is 51.5 Å². The van der Waals surface area contributed by atoms with Crippen molar-refractivity contribution in [1.82, 2.24) is 0 Å². The summed E-state index contributed by atoms with van der Waals surface area (Å²) in [5, 5.41) is 5.67. The predicted molar refractivity (Wildman–Crippen MR) is 148 cm³/mol. The molecule has 1 aromatic heterocycles. The van der Waals surface area contributed by atoms with Crippen LogP contribution in [0.15, 0.2) is 116 Å². The Morgan fingerprint density at radius 2 is 1.72 bits per heavy atom. The molecule has 0 bridgehead atoms. The minimum Gasteiger partial charge on any atom is -0.486 e. The average Bonchev–Trinajstić information content (AvgIpc) is 3.37. The number of benzene rings is 4. The SMILES string of the molecule is O=C(/C=C/c1ccc(COc2ccc3cc(Br)ccc3c2)o1)c1ccc2c(c1)Nc1ccccc1S2. The van der Waals surface area contributed by atoms with Crippen LogP contribution in [0.3, 0.4) is 0 Å². The number of hydrogen-bond donors (Lipinski definition) is 1. The number of halogens is 1. The third-order valence-electron chi connectivity index (χ3n) is 5.88. The molecule has 0 amide bonds. The van der Waals surface area contributed by atoms with Gasteiger partial charge in [0.15, 0.2) is 5.78 Å². The molecular formula is C30H20BrNO3S. The van der Waals surface area contributed by atoms with Gasteiger partial charge in [-0.3, -0.25) is 4.79 Å². The lowest BCUT2D eigenvalue weighted by Crippen LogP contribution is -2.02. The molecule has 0 unspecified atom stereocenters. The first-order chi connectivity index (χ1) is 17.6. The molecule has 0 fully saturated rings. The second-order valence-corrected chi connectivity index (χ2v) is 10.4. The quantitative estimate of drug-likeness (QED) is 0.165. The minimum atomic E-state index is -0.0829. The van der Waals surface area contributed by atoms with Crippen LogP contribution in [0.25, 0.3) is 16.8 Å². The van der Waals surface area contributed by atoms with Gasteiger partial charge in [0.25, 0.3) is 0 Å². The molecule has 6 rings (SSSR count). The summed E-state index contributed by atoms with van der Waals surface area (Å²) < 4.78 is 12.8. The molecule has 36 heavy (non-hydrogen) atoms. The van der Waals surface area contributed by atoms with E-state index in [9.17, 15) is 4.79 Å². The Kier molecular flexibility index (Phi) is 6.13. The fraction of sp³-hybridized carbons (Fsp3) is 0.0333. The van der Waals surface area contributed by atoms with Gasteiger partial charge in [0.2, 0.25) is 0 Å². The normalized spacial score (nSPS) is 12.2. The lowest BCUT2D eigenvalue weighted by Gasteiger charge is -2.20. The molecule has 5 aromatic rings. The van der Waals surface area contributed by atoms with E-state index in [2.05, 4.69) is 39.4 Å². The molecule has 0 saturated carbocycles. The zero-order valence-corrected chi connectivity index (χ0v) is 21.4. The van der Waals surface area contributed by atoms with E-state index in [1.54, 1.807) is 17.8 Å². The molecule has 0 saturated heterocycles. The van der Waals surface area contributed by atoms with Crippen LogP contribution in [-0.2, 0) is 6.61 Å². The number of nitrogens with one attached hydrogen (secondary N) is 1. The first kappa shape index (κ1) is 22.7. The number of allylic oxidation sites excluding steroid dienone is 1. The molecule has 4 nitrogen and oxygen atoms in total. The highest BCUT2D eigenvalue weighted by atomic mass is 79.9. The van der Waals surface area contributed by atoms with Gasteiger partial charge in [-0.1, -0.05) is 52.0 Å². The summed E-state index contributed by atoms with van der Waals surface area (Å²) in [5.41, 5.74) is 2.62. The first-order valence-corrected chi connectivity index (χ1v) is 13.0. The monoisotopic (exact) mass is 553 g/mol. The number of hydrogen-bond acceptors (Lipinski definition) is 5. The van der Waals surface area contributed by atoms with Gasteiger partial charge < -0.3 is 14.5 Å². The Balaban J connectivity index is 1.10. The van der Waals surface area contributed by atoms with Crippen LogP contribution in [-0.4, -0.2) is 5.78 Å². The smallest absolute Gasteiger partial charge is 0.186 e. The van der Waals surface area contributed by atoms with Gasteiger partial charge in [-0.25, -0.2) is 0 Å². The van der Waals surface area contributed by atoms with Crippen molar-refractivity contribution in [3.8, 4) is 5.75 Å². The van der Waals surface area contributed by atoms with E-state index in [4.69, 9.17) is 9.15 Å². The summed E-state index contributed by atoms with van der Waals surface area (Å²) in [5.74, 6) is 1.98. The van der Waals surface area contributed by atoms with Gasteiger partial charge >= 0.3 is 0 Å². The van der Waals surface area contributed by atoms with Gasteiger partial charge in [0, 0.05) is 19.8 Å². The summed E-state index contributed by atoms with van der Waals surface area (Å²) >= 11 is 5.19. The molecule has 0 atom stereocenters. The van der Waals surface area contributed by atoms with Crippen LogP contribution in [0.4, 0.5) is 11.4 Å². The van der Waals surface area contributed by atoms with Crippen molar-refractivity contribution in [3.63, 3.8) is 0 Å². The van der Waals surface area contributed by atoms with E-state index >= 15 is 0 Å². The zero-order valence-electron chi connectivity index (χ0n) is 19.0. The van der Waals surface area contributed by atoms with Crippen molar-refractivity contribution in [3.05, 3.63) is 119 Å². The Morgan fingerprint density at radius 1 is 0.889 bits per heavy atom. The maximum Gasteiger partial charge on any atom is 0.186 e. The number of ketones is 1. The van der Waals surface area contributed by atoms with Crippen LogP contribution in [0, 0.1) is 0 Å². The van der Waals surface area contributed by atoms with E-state index in [0.29, 0.717) is 23.7 Å². The number of furan rings is 1. The maximum atomic E-state index is 12.8. The first-order valence-electron chi connectivity index (χ1n) is 11.4. The highest BCUT2D eigenvalue weighted by molar-refractivity contribution is 9.10. The second-order valence-electron chi connectivity index (χ2n) is 8.38. The van der Waals surface area contributed by atoms with E-state index in [-0.39, 0.29) is 5.78 Å². The van der Waals surface area contributed by atoms with Gasteiger partial charge in [-0.2, -0.15) is 0 Å². The van der Waals surface area contributed by atoms with Crippen LogP contribution >= 0.6 is 27.7 Å². The second kappa shape index (κ2) is 9.72. The molecule has 176 valence electrons. The fourth-order valence-corrected chi connectivity index (χ4v) is 5.39. The van der Waals surface area contributed by atoms with Crippen LogP contribution in [0.2, 0.25) is 0 Å². The number of fused-ring (bicyclic) bond motifs is 3. The van der Waals surface area contributed by atoms with Crippen LogP contribution in [0.1, 0.15) is 21.9 Å². The van der Waals surface area contributed by atoms with Crippen molar-refractivity contribution in [2.75, 3.05) is 5.32 Å². The van der Waals surface area contributed by atoms with Gasteiger partial charge in [-0.15, -0.1) is 0 Å². The molecule has 1 aliphatic rings. The molecule has 4 aromatic carbocycles. The largest absolute Gasteiger partial charge is 0.486 e. The van der Waals surface area contributed by atoms with Crippen molar-refractivity contribution in [1.29, 1.82) is 0 Å². The van der Waals surface area contributed by atoms with Gasteiger partial charge in [0.1, 0.15) is 23.9 Å². The lowest BCUT2D eigenvalue weighted by atomic mass is 10.1. The lowest BCUT2D eigenvalue weighted by molar-refractivity contribution is 0.104. The summed E-state index contributed by atoms with van der Waals surface area (Å²) in [6, 6.07) is 29.7. The Bertz CT molecular complexity index is 1640. The van der Waals surface area contributed by atoms with Crippen molar-refractivity contribution >= 4 is 61.7 Å². The fourth-order valence-electron chi connectivity index (χ4n) is 4.05. The zero-order chi connectivity index (χ0) is 24.5. The van der Waals surface area contributed by atoms with Crippen LogP contribution in [0.5, 0.6) is 5.75 Å². The number of carbonyl (C=O) groups is 1. The Morgan fingerprint density at radius 3 is 2.67 bits per heavy atom. The number of anilines is 2. The summed E-state index contributed by atoms with van der Waals surface area (Å²) in [6.45, 7) is 0.305. The molecule has 1 aliphatic heterocycles. The highest BCUT2D eigenvalue weighted by Gasteiger charge is 2.16. The molecule has 0 aliphatic carbocycles. The maximum absolute atomic E-state index is 12.8. The molecule has 1 N–H and O–H groups in total. The highest BCUT2D eigenvalue weighted by Crippen LogP contribution is 2.44. The Hall–Kier alpha value is -3.74. The number of ether oxygens (including phenoxy) is 1. The molecule has 6 heteroatoms. The number of rotatable bonds is 6. The molecule has 0 spiro atoms. The predicted octanol–water partition coefficient (Wildman–Crippen LogP) is 8.88. The van der Waals surface area contributed by atoms with Crippen molar-refractivity contribution in [2.45, 2.75) is 16.4 Å². The van der Waals surface area contributed by atoms with E-state index < -0.39 is 0 Å². The van der Waals surface area contributed by atoms with E-state index in [1.165, 1.54) is 11.0 Å². The molecular weight excluding hydrogens is 534 g/mol. The van der Waals surface area contributed by atoms with Crippen LogP contribution < -0.4 is 10.1 Å². The molecule has 2 heterocycles. The standard InChI is InChI=1S/C30H20BrNO3S/c31-22-8-5-20-16-24(9-6-19(20)15-22)34-18-25-11-10-23(35-25)12-13-28(33)21-7-14-30-27(17-21)32-26-3-1-2-4-29(26)36-30/h1-17,32H,18H2/b13-12+. The van der Waals surface area contributed by atoms with Gasteiger partial charge in [-0.05, 0) is 89.7 Å².